The zero-order chi connectivity index (χ0) is 19.0. The van der Waals surface area contributed by atoms with E-state index in [4.69, 9.17) is 4.74 Å². The highest BCUT2D eigenvalue weighted by molar-refractivity contribution is 5.97. The standard InChI is InChI=1S/C21H20FN3O2/c1-13(26)25-9-3-4-14(12-25)19-11-18-16(7-8-23-21(18)24-19)17-10-15(22)5-6-20(17)27-2/h4-8,10-11H,3,9,12H2,1-2H3,(H,23,24). The molecule has 138 valence electrons. The summed E-state index contributed by atoms with van der Waals surface area (Å²) in [6.45, 7) is 2.90. The van der Waals surface area contributed by atoms with E-state index in [0.29, 0.717) is 17.9 Å². The number of pyridine rings is 1. The molecule has 1 aliphatic rings. The number of fused-ring (bicyclic) bond motifs is 1. The van der Waals surface area contributed by atoms with Gasteiger partial charge >= 0.3 is 0 Å². The molecule has 0 radical (unpaired) electrons. The molecule has 0 saturated carbocycles. The fourth-order valence-corrected chi connectivity index (χ4v) is 3.53. The van der Waals surface area contributed by atoms with Gasteiger partial charge in [-0.05, 0) is 47.9 Å². The minimum absolute atomic E-state index is 0.0695. The summed E-state index contributed by atoms with van der Waals surface area (Å²) in [6.07, 6.45) is 4.66. The number of benzene rings is 1. The molecule has 1 aliphatic heterocycles. The molecule has 0 bridgehead atoms. The summed E-state index contributed by atoms with van der Waals surface area (Å²) in [5, 5.41) is 0.886. The van der Waals surface area contributed by atoms with Gasteiger partial charge in [-0.25, -0.2) is 9.37 Å². The van der Waals surface area contributed by atoms with Crippen LogP contribution in [0.5, 0.6) is 5.75 Å². The van der Waals surface area contributed by atoms with Gasteiger partial charge in [0.15, 0.2) is 0 Å². The van der Waals surface area contributed by atoms with E-state index in [2.05, 4.69) is 16.0 Å². The molecule has 4 rings (SSSR count). The number of carbonyl (C=O) groups is 1. The summed E-state index contributed by atoms with van der Waals surface area (Å²) >= 11 is 0. The lowest BCUT2D eigenvalue weighted by molar-refractivity contribution is -0.128. The first-order valence-electron chi connectivity index (χ1n) is 8.83. The summed E-state index contributed by atoms with van der Waals surface area (Å²) in [6, 6.07) is 8.34. The topological polar surface area (TPSA) is 58.2 Å². The van der Waals surface area contributed by atoms with Crippen LogP contribution < -0.4 is 4.74 Å². The van der Waals surface area contributed by atoms with Gasteiger partial charge in [0, 0.05) is 42.9 Å². The predicted octanol–water partition coefficient (Wildman–Crippen LogP) is 4.01. The van der Waals surface area contributed by atoms with E-state index in [0.717, 1.165) is 40.8 Å². The molecular weight excluding hydrogens is 345 g/mol. The van der Waals surface area contributed by atoms with E-state index in [1.165, 1.54) is 12.1 Å². The third-order valence-electron chi connectivity index (χ3n) is 4.93. The van der Waals surface area contributed by atoms with Crippen molar-refractivity contribution in [3.63, 3.8) is 0 Å². The normalized spacial score (nSPS) is 14.3. The molecule has 0 atom stereocenters. The zero-order valence-electron chi connectivity index (χ0n) is 15.3. The monoisotopic (exact) mass is 365 g/mol. The van der Waals surface area contributed by atoms with Crippen molar-refractivity contribution in [2.24, 2.45) is 0 Å². The Morgan fingerprint density at radius 3 is 2.89 bits per heavy atom. The molecule has 0 fully saturated rings. The molecule has 0 unspecified atom stereocenters. The molecule has 3 heterocycles. The number of nitrogens with zero attached hydrogens (tertiary/aromatic N) is 2. The van der Waals surface area contributed by atoms with Crippen molar-refractivity contribution < 1.29 is 13.9 Å². The highest BCUT2D eigenvalue weighted by atomic mass is 19.1. The molecule has 0 aliphatic carbocycles. The van der Waals surface area contributed by atoms with Gasteiger partial charge in [-0.15, -0.1) is 0 Å². The van der Waals surface area contributed by atoms with Crippen molar-refractivity contribution in [2.75, 3.05) is 20.2 Å². The maximum atomic E-state index is 13.9. The Hall–Kier alpha value is -3.15. The van der Waals surface area contributed by atoms with E-state index in [1.807, 2.05) is 17.0 Å². The number of aromatic amines is 1. The Morgan fingerprint density at radius 1 is 1.26 bits per heavy atom. The van der Waals surface area contributed by atoms with Gasteiger partial charge in [0.05, 0.1) is 7.11 Å². The van der Waals surface area contributed by atoms with E-state index in [-0.39, 0.29) is 11.7 Å². The Morgan fingerprint density at radius 2 is 2.11 bits per heavy atom. The predicted molar refractivity (Wildman–Crippen MR) is 103 cm³/mol. The third kappa shape index (κ3) is 3.18. The van der Waals surface area contributed by atoms with Crippen LogP contribution in [0.3, 0.4) is 0 Å². The van der Waals surface area contributed by atoms with E-state index < -0.39 is 0 Å². The van der Waals surface area contributed by atoms with Crippen LogP contribution in [0.2, 0.25) is 0 Å². The zero-order valence-corrected chi connectivity index (χ0v) is 15.3. The molecule has 0 saturated heterocycles. The van der Waals surface area contributed by atoms with E-state index in [1.54, 1.807) is 26.3 Å². The van der Waals surface area contributed by atoms with Crippen LogP contribution in [0.1, 0.15) is 19.0 Å². The van der Waals surface area contributed by atoms with E-state index in [9.17, 15) is 9.18 Å². The van der Waals surface area contributed by atoms with Crippen LogP contribution in [0, 0.1) is 5.82 Å². The van der Waals surface area contributed by atoms with Crippen molar-refractivity contribution in [3.8, 4) is 16.9 Å². The molecular formula is C21H20FN3O2. The largest absolute Gasteiger partial charge is 0.496 e. The van der Waals surface area contributed by atoms with E-state index >= 15 is 0 Å². The van der Waals surface area contributed by atoms with Gasteiger partial charge in [-0.2, -0.15) is 0 Å². The first-order chi connectivity index (χ1) is 13.1. The number of H-pyrrole nitrogens is 1. The Kier molecular flexibility index (Phi) is 4.39. The van der Waals surface area contributed by atoms with Crippen LogP contribution in [-0.4, -0.2) is 41.0 Å². The quantitative estimate of drug-likeness (QED) is 0.763. The van der Waals surface area contributed by atoms with Crippen molar-refractivity contribution in [1.82, 2.24) is 14.9 Å². The summed E-state index contributed by atoms with van der Waals surface area (Å²) in [4.78, 5) is 21.3. The first-order valence-corrected chi connectivity index (χ1v) is 8.83. The third-order valence-corrected chi connectivity index (χ3v) is 4.93. The van der Waals surface area contributed by atoms with Gasteiger partial charge in [-0.1, -0.05) is 6.08 Å². The Balaban J connectivity index is 1.81. The van der Waals surface area contributed by atoms with Gasteiger partial charge in [0.1, 0.15) is 17.2 Å². The summed E-state index contributed by atoms with van der Waals surface area (Å²) in [5.74, 6) is 0.352. The summed E-state index contributed by atoms with van der Waals surface area (Å²) < 4.78 is 19.3. The minimum Gasteiger partial charge on any atom is -0.496 e. The van der Waals surface area contributed by atoms with Gasteiger partial charge < -0.3 is 14.6 Å². The number of amides is 1. The lowest BCUT2D eigenvalue weighted by atomic mass is 10.0. The lowest BCUT2D eigenvalue weighted by Crippen LogP contribution is -2.33. The number of ether oxygens (including phenoxy) is 1. The summed E-state index contributed by atoms with van der Waals surface area (Å²) in [7, 11) is 1.57. The van der Waals surface area contributed by atoms with Crippen molar-refractivity contribution >= 4 is 22.5 Å². The molecule has 5 nitrogen and oxygen atoms in total. The average molecular weight is 365 g/mol. The van der Waals surface area contributed by atoms with Crippen LogP contribution in [0.25, 0.3) is 27.7 Å². The van der Waals surface area contributed by atoms with Crippen LogP contribution in [0.4, 0.5) is 4.39 Å². The molecule has 3 aromatic rings. The highest BCUT2D eigenvalue weighted by Gasteiger charge is 2.19. The number of rotatable bonds is 3. The molecule has 1 N–H and O–H groups in total. The van der Waals surface area contributed by atoms with Crippen molar-refractivity contribution in [2.45, 2.75) is 13.3 Å². The lowest BCUT2D eigenvalue weighted by Gasteiger charge is -2.25. The van der Waals surface area contributed by atoms with Crippen LogP contribution in [0.15, 0.2) is 42.6 Å². The number of nitrogens with one attached hydrogen (secondary N) is 1. The number of methoxy groups -OCH3 is 1. The molecule has 1 amide bonds. The maximum absolute atomic E-state index is 13.9. The number of hydrogen-bond donors (Lipinski definition) is 1. The molecule has 0 spiro atoms. The molecule has 1 aromatic carbocycles. The molecule has 6 heteroatoms. The number of aromatic nitrogens is 2. The fraction of sp³-hybridized carbons (Fsp3) is 0.238. The molecule has 2 aromatic heterocycles. The SMILES string of the molecule is COc1ccc(F)cc1-c1ccnc2[nH]c(C3=CCCN(C(C)=O)C3)cc12. The van der Waals surface area contributed by atoms with Crippen LogP contribution in [-0.2, 0) is 4.79 Å². The first kappa shape index (κ1) is 17.3. The number of hydrogen-bond acceptors (Lipinski definition) is 3. The maximum Gasteiger partial charge on any atom is 0.219 e. The van der Waals surface area contributed by atoms with Gasteiger partial charge in [0.25, 0.3) is 0 Å². The average Bonchev–Trinajstić information content (AvgIpc) is 3.12. The fourth-order valence-electron chi connectivity index (χ4n) is 3.53. The van der Waals surface area contributed by atoms with Crippen molar-refractivity contribution in [1.29, 1.82) is 0 Å². The van der Waals surface area contributed by atoms with Gasteiger partial charge in [0.2, 0.25) is 5.91 Å². The van der Waals surface area contributed by atoms with Gasteiger partial charge in [-0.3, -0.25) is 4.79 Å². The second kappa shape index (κ2) is 6.87. The minimum atomic E-state index is -0.321. The number of halogens is 1. The molecule has 27 heavy (non-hydrogen) atoms. The summed E-state index contributed by atoms with van der Waals surface area (Å²) in [5.41, 5.74) is 4.23. The second-order valence-corrected chi connectivity index (χ2v) is 6.61. The highest BCUT2D eigenvalue weighted by Crippen LogP contribution is 2.36. The smallest absolute Gasteiger partial charge is 0.219 e. The second-order valence-electron chi connectivity index (χ2n) is 6.61. The van der Waals surface area contributed by atoms with Crippen LogP contribution >= 0.6 is 0 Å². The Labute approximate surface area is 156 Å². The van der Waals surface area contributed by atoms with Crippen molar-refractivity contribution in [3.05, 3.63) is 54.1 Å². The number of carbonyl (C=O) groups excluding carboxylic acids is 1. The Bertz CT molecular complexity index is 1050.